The summed E-state index contributed by atoms with van der Waals surface area (Å²) in [5.74, 6) is 0.172. The molecule has 3 rings (SSSR count). The van der Waals surface area contributed by atoms with Crippen molar-refractivity contribution in [1.82, 2.24) is 10.2 Å². The fourth-order valence-electron chi connectivity index (χ4n) is 3.02. The molecular formula is C19H24N2OS. The van der Waals surface area contributed by atoms with Crippen LogP contribution in [0.2, 0.25) is 0 Å². The molecule has 1 aromatic carbocycles. The zero-order valence-corrected chi connectivity index (χ0v) is 14.8. The topological polar surface area (TPSA) is 32.3 Å². The number of carbonyl (C=O) groups is 1. The van der Waals surface area contributed by atoms with Gasteiger partial charge in [-0.25, -0.2) is 0 Å². The SMILES string of the molecule is CC(C)(C)NCC(=O)N1CCc2sccc2[C@@H]1c1ccccc1. The van der Waals surface area contributed by atoms with E-state index < -0.39 is 0 Å². The van der Waals surface area contributed by atoms with Crippen LogP contribution in [0.3, 0.4) is 0 Å². The Hall–Kier alpha value is -1.65. The lowest BCUT2D eigenvalue weighted by Crippen LogP contribution is -2.48. The Kier molecular flexibility index (Phi) is 4.55. The molecule has 0 aliphatic carbocycles. The fraction of sp³-hybridized carbons (Fsp3) is 0.421. The van der Waals surface area contributed by atoms with Crippen LogP contribution in [0, 0.1) is 0 Å². The molecule has 0 unspecified atom stereocenters. The van der Waals surface area contributed by atoms with Crippen molar-refractivity contribution in [1.29, 1.82) is 0 Å². The zero-order chi connectivity index (χ0) is 16.4. The molecule has 2 heterocycles. The Morgan fingerprint density at radius 2 is 2.00 bits per heavy atom. The van der Waals surface area contributed by atoms with Crippen molar-refractivity contribution in [2.24, 2.45) is 0 Å². The second-order valence-corrected chi connectivity index (χ2v) is 8.05. The molecule has 0 saturated carbocycles. The van der Waals surface area contributed by atoms with Crippen LogP contribution in [0.4, 0.5) is 0 Å². The predicted molar refractivity (Wildman–Crippen MR) is 95.8 cm³/mol. The van der Waals surface area contributed by atoms with Gasteiger partial charge in [0.15, 0.2) is 0 Å². The molecule has 0 fully saturated rings. The van der Waals surface area contributed by atoms with E-state index >= 15 is 0 Å². The number of hydrogen-bond acceptors (Lipinski definition) is 3. The average Bonchev–Trinajstić information content (AvgIpc) is 3.00. The van der Waals surface area contributed by atoms with Gasteiger partial charge in [-0.15, -0.1) is 11.3 Å². The Morgan fingerprint density at radius 3 is 2.70 bits per heavy atom. The number of benzene rings is 1. The highest BCUT2D eigenvalue weighted by atomic mass is 32.1. The first-order chi connectivity index (χ1) is 11.0. The molecule has 3 nitrogen and oxygen atoms in total. The van der Waals surface area contributed by atoms with E-state index in [0.717, 1.165) is 13.0 Å². The minimum absolute atomic E-state index is 0.0421. The minimum Gasteiger partial charge on any atom is -0.330 e. The van der Waals surface area contributed by atoms with Crippen LogP contribution in [0.25, 0.3) is 0 Å². The van der Waals surface area contributed by atoms with Crippen LogP contribution < -0.4 is 5.32 Å². The normalized spacial score (nSPS) is 17.9. The molecule has 1 atom stereocenters. The van der Waals surface area contributed by atoms with Crippen LogP contribution in [-0.4, -0.2) is 29.4 Å². The van der Waals surface area contributed by atoms with E-state index in [-0.39, 0.29) is 17.5 Å². The van der Waals surface area contributed by atoms with E-state index in [2.05, 4.69) is 49.7 Å². The maximum atomic E-state index is 12.8. The summed E-state index contributed by atoms with van der Waals surface area (Å²) >= 11 is 1.80. The van der Waals surface area contributed by atoms with E-state index in [1.165, 1.54) is 16.0 Å². The summed E-state index contributed by atoms with van der Waals surface area (Å²) in [4.78, 5) is 16.3. The monoisotopic (exact) mass is 328 g/mol. The molecule has 2 aromatic rings. The summed E-state index contributed by atoms with van der Waals surface area (Å²) in [7, 11) is 0. The van der Waals surface area contributed by atoms with Crippen molar-refractivity contribution >= 4 is 17.2 Å². The molecule has 0 spiro atoms. The van der Waals surface area contributed by atoms with Crippen molar-refractivity contribution < 1.29 is 4.79 Å². The number of amides is 1. The predicted octanol–water partition coefficient (Wildman–Crippen LogP) is 3.61. The third kappa shape index (κ3) is 3.65. The van der Waals surface area contributed by atoms with Gasteiger partial charge in [0.2, 0.25) is 5.91 Å². The molecule has 0 saturated heterocycles. The van der Waals surface area contributed by atoms with Gasteiger partial charge in [-0.2, -0.15) is 0 Å². The van der Waals surface area contributed by atoms with Crippen molar-refractivity contribution in [2.45, 2.75) is 38.8 Å². The first-order valence-corrected chi connectivity index (χ1v) is 8.99. The standard InChI is InChI=1S/C19H24N2OS/c1-19(2,3)20-13-17(22)21-11-9-16-15(10-12-23-16)18(21)14-7-5-4-6-8-14/h4-8,10,12,18,20H,9,11,13H2,1-3H3/t18-/m0/s1. The first-order valence-electron chi connectivity index (χ1n) is 8.11. The van der Waals surface area contributed by atoms with E-state index in [1.807, 2.05) is 23.1 Å². The molecule has 0 radical (unpaired) electrons. The average molecular weight is 328 g/mol. The molecule has 23 heavy (non-hydrogen) atoms. The highest BCUT2D eigenvalue weighted by Gasteiger charge is 2.32. The third-order valence-corrected chi connectivity index (χ3v) is 5.17. The molecular weight excluding hydrogens is 304 g/mol. The number of hydrogen-bond donors (Lipinski definition) is 1. The second-order valence-electron chi connectivity index (χ2n) is 7.05. The van der Waals surface area contributed by atoms with E-state index in [1.54, 1.807) is 11.3 Å². The number of nitrogens with zero attached hydrogens (tertiary/aromatic N) is 1. The van der Waals surface area contributed by atoms with Crippen LogP contribution in [0.15, 0.2) is 41.8 Å². The van der Waals surface area contributed by atoms with Crippen molar-refractivity contribution in [3.63, 3.8) is 0 Å². The second kappa shape index (κ2) is 6.46. The third-order valence-electron chi connectivity index (χ3n) is 4.17. The molecule has 0 bridgehead atoms. The van der Waals surface area contributed by atoms with E-state index in [9.17, 15) is 4.79 Å². The summed E-state index contributed by atoms with van der Waals surface area (Å²) in [5, 5.41) is 5.46. The van der Waals surface area contributed by atoms with Crippen molar-refractivity contribution in [2.75, 3.05) is 13.1 Å². The molecule has 4 heteroatoms. The van der Waals surface area contributed by atoms with E-state index in [0.29, 0.717) is 6.54 Å². The molecule has 122 valence electrons. The highest BCUT2D eigenvalue weighted by Crippen LogP contribution is 2.37. The van der Waals surface area contributed by atoms with Crippen LogP contribution in [0.1, 0.15) is 42.8 Å². The maximum Gasteiger partial charge on any atom is 0.237 e. The molecule has 1 amide bonds. The number of thiophene rings is 1. The Bertz CT molecular complexity index is 672. The highest BCUT2D eigenvalue weighted by molar-refractivity contribution is 7.10. The molecule has 1 aromatic heterocycles. The van der Waals surface area contributed by atoms with Gasteiger partial charge in [0.1, 0.15) is 0 Å². The maximum absolute atomic E-state index is 12.8. The Labute approximate surface area is 142 Å². The molecule has 1 N–H and O–H groups in total. The summed E-state index contributed by atoms with van der Waals surface area (Å²) in [6.07, 6.45) is 0.956. The summed E-state index contributed by atoms with van der Waals surface area (Å²) in [6, 6.07) is 12.6. The molecule has 1 aliphatic heterocycles. The lowest BCUT2D eigenvalue weighted by molar-refractivity contribution is -0.132. The summed E-state index contributed by atoms with van der Waals surface area (Å²) < 4.78 is 0. The number of fused-ring (bicyclic) bond motifs is 1. The number of carbonyl (C=O) groups excluding carboxylic acids is 1. The summed E-state index contributed by atoms with van der Waals surface area (Å²) in [6.45, 7) is 7.43. The number of rotatable bonds is 3. The summed E-state index contributed by atoms with van der Waals surface area (Å²) in [5.41, 5.74) is 2.42. The van der Waals surface area contributed by atoms with Gasteiger partial charge in [0, 0.05) is 17.0 Å². The van der Waals surface area contributed by atoms with Gasteiger partial charge >= 0.3 is 0 Å². The minimum atomic E-state index is -0.0543. The van der Waals surface area contributed by atoms with Gasteiger partial charge in [-0.1, -0.05) is 30.3 Å². The van der Waals surface area contributed by atoms with Crippen LogP contribution in [0.5, 0.6) is 0 Å². The quantitative estimate of drug-likeness (QED) is 0.933. The van der Waals surface area contributed by atoms with Gasteiger partial charge in [-0.3, -0.25) is 4.79 Å². The van der Waals surface area contributed by atoms with Gasteiger partial charge in [-0.05, 0) is 49.8 Å². The lowest BCUT2D eigenvalue weighted by Gasteiger charge is -2.37. The Balaban J connectivity index is 1.88. The smallest absolute Gasteiger partial charge is 0.237 e. The molecule has 1 aliphatic rings. The van der Waals surface area contributed by atoms with Gasteiger partial charge in [0.25, 0.3) is 0 Å². The van der Waals surface area contributed by atoms with E-state index in [4.69, 9.17) is 0 Å². The zero-order valence-electron chi connectivity index (χ0n) is 14.0. The van der Waals surface area contributed by atoms with Crippen LogP contribution >= 0.6 is 11.3 Å². The first kappa shape index (κ1) is 16.2. The number of nitrogens with one attached hydrogen (secondary N) is 1. The van der Waals surface area contributed by atoms with Gasteiger partial charge < -0.3 is 10.2 Å². The van der Waals surface area contributed by atoms with Crippen molar-refractivity contribution in [3.05, 3.63) is 57.8 Å². The Morgan fingerprint density at radius 1 is 1.26 bits per heavy atom. The van der Waals surface area contributed by atoms with Crippen LogP contribution in [-0.2, 0) is 11.2 Å². The fourth-order valence-corrected chi connectivity index (χ4v) is 3.93. The lowest BCUT2D eigenvalue weighted by atomic mass is 9.93. The van der Waals surface area contributed by atoms with Crippen molar-refractivity contribution in [3.8, 4) is 0 Å². The van der Waals surface area contributed by atoms with Gasteiger partial charge in [0.05, 0.1) is 12.6 Å². The largest absolute Gasteiger partial charge is 0.330 e.